The summed E-state index contributed by atoms with van der Waals surface area (Å²) in [6, 6.07) is 4.93. The molecule has 1 fully saturated rings. The molecule has 7 nitrogen and oxygen atoms in total. The molecule has 0 amide bonds. The summed E-state index contributed by atoms with van der Waals surface area (Å²) in [5, 5.41) is 8.13. The fourth-order valence-electron chi connectivity index (χ4n) is 2.13. The molecule has 1 atom stereocenters. The number of hydrogen-bond acceptors (Lipinski definition) is 5. The Kier molecular flexibility index (Phi) is 5.76. The zero-order valence-corrected chi connectivity index (χ0v) is 13.8. The van der Waals surface area contributed by atoms with Gasteiger partial charge >= 0.3 is 0 Å². The molecule has 2 rings (SSSR count). The van der Waals surface area contributed by atoms with Gasteiger partial charge in [-0.05, 0) is 25.1 Å². The van der Waals surface area contributed by atoms with E-state index in [2.05, 4.69) is 5.32 Å². The van der Waals surface area contributed by atoms with E-state index in [0.717, 1.165) is 6.07 Å². The summed E-state index contributed by atoms with van der Waals surface area (Å²) in [5.74, 6) is 0. The Balaban J connectivity index is 0.00000220. The molecule has 0 unspecified atom stereocenters. The summed E-state index contributed by atoms with van der Waals surface area (Å²) in [4.78, 5) is -0.265. The van der Waals surface area contributed by atoms with E-state index in [1.54, 1.807) is 6.92 Å². The van der Waals surface area contributed by atoms with Crippen LogP contribution in [0.25, 0.3) is 0 Å². The molecule has 0 saturated carbocycles. The molecule has 0 spiro atoms. The van der Waals surface area contributed by atoms with Crippen molar-refractivity contribution in [2.75, 3.05) is 19.6 Å². The number of hydrogen-bond donors (Lipinski definition) is 2. The van der Waals surface area contributed by atoms with E-state index in [9.17, 15) is 16.8 Å². The summed E-state index contributed by atoms with van der Waals surface area (Å²) in [7, 11) is -7.65. The lowest BCUT2D eigenvalue weighted by molar-refractivity contribution is 0.284. The van der Waals surface area contributed by atoms with E-state index < -0.39 is 20.0 Å². The fraction of sp³-hybridized carbons (Fsp3) is 0.455. The summed E-state index contributed by atoms with van der Waals surface area (Å²) in [6.07, 6.45) is 0. The molecule has 120 valence electrons. The molecule has 0 aromatic heterocycles. The van der Waals surface area contributed by atoms with Crippen molar-refractivity contribution < 1.29 is 16.8 Å². The molecular weight excluding hydrogens is 338 g/mol. The van der Waals surface area contributed by atoms with Crippen LogP contribution in [0.2, 0.25) is 0 Å². The highest BCUT2D eigenvalue weighted by molar-refractivity contribution is 7.90. The molecule has 0 aliphatic carbocycles. The van der Waals surface area contributed by atoms with Crippen molar-refractivity contribution in [3.8, 4) is 0 Å². The summed E-state index contributed by atoms with van der Waals surface area (Å²) in [5.41, 5.74) is 0. The normalized spacial score (nSPS) is 20.8. The molecule has 0 bridgehead atoms. The molecule has 1 aliphatic heterocycles. The van der Waals surface area contributed by atoms with Gasteiger partial charge in [0, 0.05) is 25.7 Å². The van der Waals surface area contributed by atoms with Gasteiger partial charge in [0.25, 0.3) is 0 Å². The Hall–Kier alpha value is -0.710. The van der Waals surface area contributed by atoms with Crippen molar-refractivity contribution in [2.45, 2.75) is 22.8 Å². The summed E-state index contributed by atoms with van der Waals surface area (Å²) in [6.45, 7) is 3.28. The van der Waals surface area contributed by atoms with Crippen molar-refractivity contribution in [2.24, 2.45) is 5.14 Å². The summed E-state index contributed by atoms with van der Waals surface area (Å²) >= 11 is 0. The summed E-state index contributed by atoms with van der Waals surface area (Å²) < 4.78 is 49.1. The third-order valence-electron chi connectivity index (χ3n) is 3.18. The number of benzene rings is 1. The van der Waals surface area contributed by atoms with Crippen LogP contribution in [0.1, 0.15) is 6.92 Å². The molecule has 1 aromatic carbocycles. The van der Waals surface area contributed by atoms with Crippen LogP contribution < -0.4 is 10.5 Å². The van der Waals surface area contributed by atoms with Gasteiger partial charge in [-0.1, -0.05) is 6.07 Å². The number of nitrogens with zero attached hydrogens (tertiary/aromatic N) is 1. The minimum absolute atomic E-state index is 0. The average Bonchev–Trinajstić information content (AvgIpc) is 2.38. The van der Waals surface area contributed by atoms with E-state index in [1.165, 1.54) is 22.5 Å². The topological polar surface area (TPSA) is 110 Å². The number of piperazine rings is 1. The number of primary sulfonamides is 1. The quantitative estimate of drug-likeness (QED) is 0.776. The number of halogens is 1. The molecule has 21 heavy (non-hydrogen) atoms. The van der Waals surface area contributed by atoms with Gasteiger partial charge in [-0.25, -0.2) is 22.0 Å². The predicted octanol–water partition coefficient (Wildman–Crippen LogP) is -0.262. The zero-order chi connectivity index (χ0) is 15.0. The Bertz CT molecular complexity index is 706. The van der Waals surface area contributed by atoms with Crippen LogP contribution in [0.5, 0.6) is 0 Å². The van der Waals surface area contributed by atoms with Gasteiger partial charge < -0.3 is 5.32 Å². The first-order valence-corrected chi connectivity index (χ1v) is 9.07. The van der Waals surface area contributed by atoms with E-state index in [1.807, 2.05) is 0 Å². The number of nitrogens with one attached hydrogen (secondary N) is 1. The number of nitrogens with two attached hydrogens (primary N) is 1. The third kappa shape index (κ3) is 3.93. The van der Waals surface area contributed by atoms with Crippen molar-refractivity contribution in [3.63, 3.8) is 0 Å². The molecule has 1 aromatic rings. The highest BCUT2D eigenvalue weighted by Crippen LogP contribution is 2.21. The molecule has 1 saturated heterocycles. The van der Waals surface area contributed by atoms with E-state index in [-0.39, 0.29) is 28.2 Å². The largest absolute Gasteiger partial charge is 0.314 e. The maximum absolute atomic E-state index is 12.5. The van der Waals surface area contributed by atoms with Crippen LogP contribution in [0.3, 0.4) is 0 Å². The van der Waals surface area contributed by atoms with E-state index in [4.69, 9.17) is 5.14 Å². The Labute approximate surface area is 131 Å². The molecular formula is C11H18ClN3O4S2. The molecule has 1 heterocycles. The molecule has 0 radical (unpaired) electrons. The maximum atomic E-state index is 12.5. The first-order valence-electron chi connectivity index (χ1n) is 6.08. The van der Waals surface area contributed by atoms with E-state index in [0.29, 0.717) is 19.6 Å². The lowest BCUT2D eigenvalue weighted by Gasteiger charge is -2.32. The molecule has 1 aliphatic rings. The van der Waals surface area contributed by atoms with E-state index >= 15 is 0 Å². The predicted molar refractivity (Wildman–Crippen MR) is 81.3 cm³/mol. The number of sulfonamides is 2. The van der Waals surface area contributed by atoms with Gasteiger partial charge in [-0.2, -0.15) is 4.31 Å². The highest BCUT2D eigenvalue weighted by atomic mass is 35.5. The van der Waals surface area contributed by atoms with Gasteiger partial charge in [-0.3, -0.25) is 0 Å². The van der Waals surface area contributed by atoms with Gasteiger partial charge in [0.2, 0.25) is 20.0 Å². The van der Waals surface area contributed by atoms with Crippen molar-refractivity contribution in [1.82, 2.24) is 9.62 Å². The maximum Gasteiger partial charge on any atom is 0.243 e. The lowest BCUT2D eigenvalue weighted by Crippen LogP contribution is -2.52. The van der Waals surface area contributed by atoms with Crippen LogP contribution in [0.4, 0.5) is 0 Å². The average molecular weight is 356 g/mol. The zero-order valence-electron chi connectivity index (χ0n) is 11.4. The van der Waals surface area contributed by atoms with Crippen LogP contribution in [0.15, 0.2) is 34.1 Å². The van der Waals surface area contributed by atoms with Crippen LogP contribution >= 0.6 is 12.4 Å². The first-order chi connectivity index (χ1) is 9.23. The Morgan fingerprint density at radius 2 is 1.86 bits per heavy atom. The van der Waals surface area contributed by atoms with Gasteiger partial charge in [0.1, 0.15) is 0 Å². The standard InChI is InChI=1S/C11H17N3O4S2.ClH/c1-9-8-13-5-6-14(9)20(17,18)11-4-2-3-10(7-11)19(12,15)16;/h2-4,7,9,13H,5-6,8H2,1H3,(H2,12,15,16);1H/t9-;/m1./s1. The Morgan fingerprint density at radius 1 is 1.24 bits per heavy atom. The lowest BCUT2D eigenvalue weighted by atomic mass is 10.3. The van der Waals surface area contributed by atoms with Crippen molar-refractivity contribution in [1.29, 1.82) is 0 Å². The second kappa shape index (κ2) is 6.59. The van der Waals surface area contributed by atoms with Crippen molar-refractivity contribution >= 4 is 32.5 Å². The fourth-order valence-corrected chi connectivity index (χ4v) is 4.44. The molecule has 3 N–H and O–H groups in total. The van der Waals surface area contributed by atoms with Gasteiger partial charge in [0.05, 0.1) is 9.79 Å². The monoisotopic (exact) mass is 355 g/mol. The SMILES string of the molecule is C[C@@H]1CNCCN1S(=O)(=O)c1cccc(S(N)(=O)=O)c1.Cl. The van der Waals surface area contributed by atoms with Gasteiger partial charge in [0.15, 0.2) is 0 Å². The van der Waals surface area contributed by atoms with Crippen LogP contribution in [-0.2, 0) is 20.0 Å². The minimum atomic E-state index is -3.93. The highest BCUT2D eigenvalue weighted by Gasteiger charge is 2.31. The molecule has 10 heteroatoms. The smallest absolute Gasteiger partial charge is 0.243 e. The first kappa shape index (κ1) is 18.3. The van der Waals surface area contributed by atoms with Crippen LogP contribution in [-0.4, -0.2) is 46.8 Å². The second-order valence-electron chi connectivity index (χ2n) is 4.69. The minimum Gasteiger partial charge on any atom is -0.314 e. The third-order valence-corrected chi connectivity index (χ3v) is 6.10. The van der Waals surface area contributed by atoms with Crippen molar-refractivity contribution in [3.05, 3.63) is 24.3 Å². The Morgan fingerprint density at radius 3 is 2.43 bits per heavy atom. The van der Waals surface area contributed by atoms with Gasteiger partial charge in [-0.15, -0.1) is 12.4 Å². The van der Waals surface area contributed by atoms with Crippen LogP contribution in [0, 0.1) is 0 Å². The second-order valence-corrected chi connectivity index (χ2v) is 8.14. The number of rotatable bonds is 3.